The van der Waals surface area contributed by atoms with E-state index in [4.69, 9.17) is 0 Å². The maximum absolute atomic E-state index is 11.0. The number of aromatic nitrogens is 2. The van der Waals surface area contributed by atoms with Crippen molar-refractivity contribution < 1.29 is 14.6 Å². The van der Waals surface area contributed by atoms with Gasteiger partial charge in [-0.1, -0.05) is 0 Å². The third-order valence-corrected chi connectivity index (χ3v) is 2.00. The van der Waals surface area contributed by atoms with E-state index in [1.807, 2.05) is 0 Å². The number of hydrogen-bond donors (Lipinski definition) is 1. The van der Waals surface area contributed by atoms with E-state index in [0.29, 0.717) is 0 Å². The van der Waals surface area contributed by atoms with Crippen LogP contribution in [0.1, 0.15) is 29.4 Å². The quantitative estimate of drug-likeness (QED) is 0.684. The standard InChI is InChI=1S/C8H10N2O3/c1-13-8(12)6-4-7(11)10(9-6)5-2-3-5/h4-5,11H,2-3H2,1H3. The maximum atomic E-state index is 11.0. The molecule has 0 atom stereocenters. The van der Waals surface area contributed by atoms with Gasteiger partial charge < -0.3 is 9.84 Å². The van der Waals surface area contributed by atoms with Crippen LogP contribution >= 0.6 is 0 Å². The highest BCUT2D eigenvalue weighted by Crippen LogP contribution is 2.37. The molecule has 1 heterocycles. The minimum atomic E-state index is -0.519. The number of methoxy groups -OCH3 is 1. The lowest BCUT2D eigenvalue weighted by molar-refractivity contribution is 0.0593. The van der Waals surface area contributed by atoms with Crippen molar-refractivity contribution in [3.05, 3.63) is 11.8 Å². The molecule has 0 bridgehead atoms. The van der Waals surface area contributed by atoms with Crippen molar-refractivity contribution in [1.82, 2.24) is 9.78 Å². The van der Waals surface area contributed by atoms with Crippen LogP contribution in [0.3, 0.4) is 0 Å². The summed E-state index contributed by atoms with van der Waals surface area (Å²) >= 11 is 0. The summed E-state index contributed by atoms with van der Waals surface area (Å²) in [6.07, 6.45) is 2.02. The van der Waals surface area contributed by atoms with Crippen LogP contribution < -0.4 is 0 Å². The van der Waals surface area contributed by atoms with Crippen LogP contribution in [-0.4, -0.2) is 28.0 Å². The fourth-order valence-corrected chi connectivity index (χ4v) is 1.18. The lowest BCUT2D eigenvalue weighted by Crippen LogP contribution is -2.04. The van der Waals surface area contributed by atoms with E-state index < -0.39 is 5.97 Å². The number of carbonyl (C=O) groups excluding carboxylic acids is 1. The number of hydrogen-bond acceptors (Lipinski definition) is 4. The van der Waals surface area contributed by atoms with E-state index in [2.05, 4.69) is 9.84 Å². The number of ether oxygens (including phenoxy) is 1. The number of esters is 1. The Morgan fingerprint density at radius 1 is 1.77 bits per heavy atom. The van der Waals surface area contributed by atoms with Crippen molar-refractivity contribution in [2.75, 3.05) is 7.11 Å². The molecule has 1 aromatic heterocycles. The van der Waals surface area contributed by atoms with Gasteiger partial charge in [0.25, 0.3) is 0 Å². The molecule has 2 rings (SSSR count). The number of nitrogens with zero attached hydrogens (tertiary/aromatic N) is 2. The highest BCUT2D eigenvalue weighted by atomic mass is 16.5. The summed E-state index contributed by atoms with van der Waals surface area (Å²) in [6, 6.07) is 1.59. The first kappa shape index (κ1) is 8.10. The minimum Gasteiger partial charge on any atom is -0.493 e. The Labute approximate surface area is 74.9 Å². The summed E-state index contributed by atoms with van der Waals surface area (Å²) in [5.41, 5.74) is 0.159. The van der Waals surface area contributed by atoms with Gasteiger partial charge in [0.1, 0.15) is 0 Å². The summed E-state index contributed by atoms with van der Waals surface area (Å²) in [7, 11) is 1.29. The summed E-state index contributed by atoms with van der Waals surface area (Å²) in [5.74, 6) is -0.488. The SMILES string of the molecule is COC(=O)c1cc(O)n(C2CC2)n1. The van der Waals surface area contributed by atoms with Gasteiger partial charge in [-0.3, -0.25) is 0 Å². The average molecular weight is 182 g/mol. The van der Waals surface area contributed by atoms with Crippen LogP contribution in [0.25, 0.3) is 0 Å². The van der Waals surface area contributed by atoms with E-state index in [0.717, 1.165) is 12.8 Å². The summed E-state index contributed by atoms with van der Waals surface area (Å²) in [4.78, 5) is 11.0. The molecule has 0 aromatic carbocycles. The van der Waals surface area contributed by atoms with Crippen molar-refractivity contribution in [1.29, 1.82) is 0 Å². The normalized spacial score (nSPS) is 15.8. The Morgan fingerprint density at radius 2 is 2.46 bits per heavy atom. The molecule has 0 radical (unpaired) electrons. The Balaban J connectivity index is 2.28. The van der Waals surface area contributed by atoms with Crippen LogP contribution in [0.4, 0.5) is 0 Å². The molecular weight excluding hydrogens is 172 g/mol. The van der Waals surface area contributed by atoms with Crippen molar-refractivity contribution in [2.24, 2.45) is 0 Å². The Kier molecular flexibility index (Phi) is 1.72. The van der Waals surface area contributed by atoms with Crippen LogP contribution in [0.2, 0.25) is 0 Å². The largest absolute Gasteiger partial charge is 0.493 e. The zero-order valence-corrected chi connectivity index (χ0v) is 7.23. The predicted molar refractivity (Wildman–Crippen MR) is 43.5 cm³/mol. The zero-order valence-electron chi connectivity index (χ0n) is 7.23. The molecule has 70 valence electrons. The molecule has 0 amide bonds. The second-order valence-corrected chi connectivity index (χ2v) is 3.06. The van der Waals surface area contributed by atoms with Gasteiger partial charge in [0.15, 0.2) is 5.69 Å². The van der Waals surface area contributed by atoms with Gasteiger partial charge in [0.05, 0.1) is 13.2 Å². The van der Waals surface area contributed by atoms with Crippen LogP contribution in [0.15, 0.2) is 6.07 Å². The Bertz CT molecular complexity index is 341. The third kappa shape index (κ3) is 1.37. The molecule has 1 fully saturated rings. The smallest absolute Gasteiger partial charge is 0.358 e. The fraction of sp³-hybridized carbons (Fsp3) is 0.500. The minimum absolute atomic E-state index is 0.0305. The maximum Gasteiger partial charge on any atom is 0.358 e. The molecular formula is C8H10N2O3. The second kappa shape index (κ2) is 2.76. The molecule has 0 saturated heterocycles. The van der Waals surface area contributed by atoms with E-state index in [1.165, 1.54) is 17.9 Å². The third-order valence-electron chi connectivity index (χ3n) is 2.00. The van der Waals surface area contributed by atoms with E-state index >= 15 is 0 Å². The Morgan fingerprint density at radius 3 is 3.00 bits per heavy atom. The summed E-state index contributed by atoms with van der Waals surface area (Å²) in [5, 5.41) is 13.3. The van der Waals surface area contributed by atoms with Crippen LogP contribution in [-0.2, 0) is 4.74 Å². The van der Waals surface area contributed by atoms with Gasteiger partial charge in [-0.2, -0.15) is 5.10 Å². The summed E-state index contributed by atoms with van der Waals surface area (Å²) in [6.45, 7) is 0. The van der Waals surface area contributed by atoms with Gasteiger partial charge in [-0.25, -0.2) is 9.48 Å². The molecule has 5 nitrogen and oxygen atoms in total. The van der Waals surface area contributed by atoms with Crippen molar-refractivity contribution in [3.63, 3.8) is 0 Å². The highest BCUT2D eigenvalue weighted by molar-refractivity contribution is 5.87. The molecule has 1 aliphatic carbocycles. The fourth-order valence-electron chi connectivity index (χ4n) is 1.18. The number of carbonyl (C=O) groups is 1. The molecule has 1 N–H and O–H groups in total. The first-order valence-electron chi connectivity index (χ1n) is 4.09. The molecule has 0 unspecified atom stereocenters. The monoisotopic (exact) mass is 182 g/mol. The molecule has 13 heavy (non-hydrogen) atoms. The summed E-state index contributed by atoms with van der Waals surface area (Å²) < 4.78 is 5.94. The topological polar surface area (TPSA) is 64.3 Å². The zero-order chi connectivity index (χ0) is 9.42. The van der Waals surface area contributed by atoms with Crippen molar-refractivity contribution in [2.45, 2.75) is 18.9 Å². The van der Waals surface area contributed by atoms with E-state index in [9.17, 15) is 9.90 Å². The van der Waals surface area contributed by atoms with Gasteiger partial charge in [-0.05, 0) is 12.8 Å². The first-order valence-corrected chi connectivity index (χ1v) is 4.09. The van der Waals surface area contributed by atoms with E-state index in [1.54, 1.807) is 0 Å². The van der Waals surface area contributed by atoms with Crippen LogP contribution in [0, 0.1) is 0 Å². The molecule has 0 spiro atoms. The number of rotatable bonds is 2. The molecule has 1 saturated carbocycles. The van der Waals surface area contributed by atoms with Gasteiger partial charge >= 0.3 is 5.97 Å². The van der Waals surface area contributed by atoms with E-state index in [-0.39, 0.29) is 17.6 Å². The van der Waals surface area contributed by atoms with Gasteiger partial charge in [0.2, 0.25) is 5.88 Å². The lowest BCUT2D eigenvalue weighted by atomic mass is 10.4. The number of aromatic hydroxyl groups is 1. The molecule has 0 aliphatic heterocycles. The second-order valence-electron chi connectivity index (χ2n) is 3.06. The average Bonchev–Trinajstić information content (AvgIpc) is 2.89. The molecule has 5 heteroatoms. The highest BCUT2D eigenvalue weighted by Gasteiger charge is 2.28. The van der Waals surface area contributed by atoms with Crippen LogP contribution in [0.5, 0.6) is 5.88 Å². The molecule has 1 aromatic rings. The van der Waals surface area contributed by atoms with Gasteiger partial charge in [-0.15, -0.1) is 0 Å². The van der Waals surface area contributed by atoms with Crippen molar-refractivity contribution >= 4 is 5.97 Å². The Hall–Kier alpha value is -1.52. The van der Waals surface area contributed by atoms with Crippen molar-refractivity contribution in [3.8, 4) is 5.88 Å². The lowest BCUT2D eigenvalue weighted by Gasteiger charge is -1.96. The first-order chi connectivity index (χ1) is 6.22. The predicted octanol–water partition coefficient (Wildman–Crippen LogP) is 0.710. The molecule has 1 aliphatic rings. The van der Waals surface area contributed by atoms with Gasteiger partial charge in [0, 0.05) is 6.07 Å².